The smallest absolute Gasteiger partial charge is 0.261 e. The van der Waals surface area contributed by atoms with Crippen LogP contribution in [0.1, 0.15) is 49.3 Å². The minimum absolute atomic E-state index is 0.137. The fraction of sp³-hybridized carbons (Fsp3) is 0.462. The molecule has 0 aliphatic heterocycles. The predicted molar refractivity (Wildman–Crippen MR) is 130 cm³/mol. The Bertz CT molecular complexity index is 948. The van der Waals surface area contributed by atoms with Gasteiger partial charge in [-0.05, 0) is 74.6 Å². The van der Waals surface area contributed by atoms with E-state index in [-0.39, 0.29) is 24.5 Å². The number of amides is 2. The van der Waals surface area contributed by atoms with Crippen molar-refractivity contribution in [2.24, 2.45) is 0 Å². The van der Waals surface area contributed by atoms with Crippen LogP contribution >= 0.6 is 11.6 Å². The summed E-state index contributed by atoms with van der Waals surface area (Å²) in [5, 5.41) is 3.79. The number of rotatable bonds is 9. The SMILES string of the molecule is COc1ccc(CN(C(=O)COc2cc(C)c(Cl)c(C)c2)[C@@H](C)C(=O)NC2CCCC2)cc1. The molecule has 1 aliphatic rings. The summed E-state index contributed by atoms with van der Waals surface area (Å²) in [7, 11) is 1.61. The van der Waals surface area contributed by atoms with Crippen molar-refractivity contribution >= 4 is 23.4 Å². The second-order valence-electron chi connectivity index (χ2n) is 8.70. The Morgan fingerprint density at radius 3 is 2.27 bits per heavy atom. The minimum Gasteiger partial charge on any atom is -0.497 e. The Balaban J connectivity index is 1.73. The van der Waals surface area contributed by atoms with Crippen LogP contribution in [0.15, 0.2) is 36.4 Å². The molecule has 1 N–H and O–H groups in total. The maximum Gasteiger partial charge on any atom is 0.261 e. The molecule has 7 heteroatoms. The van der Waals surface area contributed by atoms with Gasteiger partial charge in [0.1, 0.15) is 17.5 Å². The van der Waals surface area contributed by atoms with Crippen molar-refractivity contribution in [2.75, 3.05) is 13.7 Å². The first kappa shape index (κ1) is 24.9. The number of hydrogen-bond acceptors (Lipinski definition) is 4. The lowest BCUT2D eigenvalue weighted by Gasteiger charge is -2.29. The fourth-order valence-corrected chi connectivity index (χ4v) is 4.23. The number of ether oxygens (including phenoxy) is 2. The highest BCUT2D eigenvalue weighted by atomic mass is 35.5. The van der Waals surface area contributed by atoms with E-state index in [1.165, 1.54) is 0 Å². The van der Waals surface area contributed by atoms with E-state index in [4.69, 9.17) is 21.1 Å². The van der Waals surface area contributed by atoms with Crippen LogP contribution in [0.5, 0.6) is 11.5 Å². The third kappa shape index (κ3) is 6.64. The van der Waals surface area contributed by atoms with Crippen molar-refractivity contribution in [3.63, 3.8) is 0 Å². The third-order valence-electron chi connectivity index (χ3n) is 6.15. The van der Waals surface area contributed by atoms with E-state index in [0.29, 0.717) is 17.3 Å². The fourth-order valence-electron chi connectivity index (χ4n) is 4.12. The zero-order chi connectivity index (χ0) is 24.0. The lowest BCUT2D eigenvalue weighted by molar-refractivity contribution is -0.142. The molecule has 0 unspecified atom stereocenters. The van der Waals surface area contributed by atoms with Crippen LogP contribution in [-0.4, -0.2) is 42.5 Å². The first-order valence-corrected chi connectivity index (χ1v) is 11.8. The summed E-state index contributed by atoms with van der Waals surface area (Å²) in [5.41, 5.74) is 2.68. The molecule has 1 saturated carbocycles. The van der Waals surface area contributed by atoms with Crippen LogP contribution in [0, 0.1) is 13.8 Å². The zero-order valence-corrected chi connectivity index (χ0v) is 20.6. The summed E-state index contributed by atoms with van der Waals surface area (Å²) in [6.45, 7) is 5.69. The molecule has 3 rings (SSSR count). The number of nitrogens with one attached hydrogen (secondary N) is 1. The molecule has 178 valence electrons. The molecule has 1 fully saturated rings. The summed E-state index contributed by atoms with van der Waals surface area (Å²) in [4.78, 5) is 27.8. The minimum atomic E-state index is -0.627. The average molecular weight is 473 g/mol. The van der Waals surface area contributed by atoms with Crippen LogP contribution in [0.25, 0.3) is 0 Å². The number of carbonyl (C=O) groups is 2. The van der Waals surface area contributed by atoms with Crippen molar-refractivity contribution in [1.29, 1.82) is 0 Å². The van der Waals surface area contributed by atoms with Gasteiger partial charge >= 0.3 is 0 Å². The standard InChI is InChI=1S/C26H33ClN2O4/c1-17-13-23(14-18(2)25(17)27)33-16-24(30)29(15-20-9-11-22(32-4)12-10-20)19(3)26(31)28-21-7-5-6-8-21/h9-14,19,21H,5-8,15-16H2,1-4H3,(H,28,31)/t19-/m0/s1. The van der Waals surface area contributed by atoms with Crippen molar-refractivity contribution in [2.45, 2.75) is 65.1 Å². The highest BCUT2D eigenvalue weighted by molar-refractivity contribution is 6.32. The molecule has 2 aromatic rings. The van der Waals surface area contributed by atoms with Crippen molar-refractivity contribution in [3.8, 4) is 11.5 Å². The summed E-state index contributed by atoms with van der Waals surface area (Å²) in [5.74, 6) is 0.919. The van der Waals surface area contributed by atoms with Crippen LogP contribution in [0.3, 0.4) is 0 Å². The second kappa shape index (κ2) is 11.4. The lowest BCUT2D eigenvalue weighted by atomic mass is 10.1. The molecule has 1 aliphatic carbocycles. The highest BCUT2D eigenvalue weighted by Crippen LogP contribution is 2.26. The van der Waals surface area contributed by atoms with Gasteiger partial charge in [-0.25, -0.2) is 0 Å². The van der Waals surface area contributed by atoms with Gasteiger partial charge in [0.15, 0.2) is 6.61 Å². The second-order valence-corrected chi connectivity index (χ2v) is 9.07. The molecule has 0 bridgehead atoms. The molecule has 0 radical (unpaired) electrons. The van der Waals surface area contributed by atoms with Crippen LogP contribution < -0.4 is 14.8 Å². The van der Waals surface area contributed by atoms with Gasteiger partial charge in [0.2, 0.25) is 5.91 Å². The molecule has 1 atom stereocenters. The molecule has 0 aromatic heterocycles. The first-order valence-electron chi connectivity index (χ1n) is 11.4. The van der Waals surface area contributed by atoms with E-state index in [1.807, 2.05) is 50.2 Å². The molecule has 0 heterocycles. The monoisotopic (exact) mass is 472 g/mol. The Morgan fingerprint density at radius 2 is 1.70 bits per heavy atom. The van der Waals surface area contributed by atoms with Gasteiger partial charge in [0, 0.05) is 17.6 Å². The average Bonchev–Trinajstić information content (AvgIpc) is 3.32. The number of carbonyl (C=O) groups excluding carboxylic acids is 2. The van der Waals surface area contributed by atoms with E-state index in [2.05, 4.69) is 5.32 Å². The maximum atomic E-state index is 13.2. The molecule has 33 heavy (non-hydrogen) atoms. The third-order valence-corrected chi connectivity index (χ3v) is 6.75. The number of methoxy groups -OCH3 is 1. The van der Waals surface area contributed by atoms with Gasteiger partial charge in [-0.3, -0.25) is 9.59 Å². The van der Waals surface area contributed by atoms with Gasteiger partial charge in [0.05, 0.1) is 7.11 Å². The van der Waals surface area contributed by atoms with Crippen molar-refractivity contribution in [3.05, 3.63) is 58.1 Å². The van der Waals surface area contributed by atoms with E-state index < -0.39 is 6.04 Å². The van der Waals surface area contributed by atoms with Crippen molar-refractivity contribution in [1.82, 2.24) is 10.2 Å². The van der Waals surface area contributed by atoms with Gasteiger partial charge in [0.25, 0.3) is 5.91 Å². The Morgan fingerprint density at radius 1 is 1.09 bits per heavy atom. The molecule has 2 amide bonds. The zero-order valence-electron chi connectivity index (χ0n) is 19.8. The quantitative estimate of drug-likeness (QED) is 0.568. The largest absolute Gasteiger partial charge is 0.497 e. The normalized spacial score (nSPS) is 14.6. The van der Waals surface area contributed by atoms with E-state index in [1.54, 1.807) is 18.9 Å². The molecule has 2 aromatic carbocycles. The summed E-state index contributed by atoms with van der Waals surface area (Å²) in [6, 6.07) is 10.7. The summed E-state index contributed by atoms with van der Waals surface area (Å²) in [6.07, 6.45) is 4.23. The Labute approximate surface area is 201 Å². The number of nitrogens with zero attached hydrogens (tertiary/aromatic N) is 1. The van der Waals surface area contributed by atoms with E-state index in [0.717, 1.165) is 48.1 Å². The van der Waals surface area contributed by atoms with Crippen LogP contribution in [-0.2, 0) is 16.1 Å². The summed E-state index contributed by atoms with van der Waals surface area (Å²) < 4.78 is 11.0. The van der Waals surface area contributed by atoms with Crippen molar-refractivity contribution < 1.29 is 19.1 Å². The van der Waals surface area contributed by atoms with Gasteiger partial charge in [-0.15, -0.1) is 0 Å². The predicted octanol–water partition coefficient (Wildman–Crippen LogP) is 4.82. The molecule has 0 spiro atoms. The summed E-state index contributed by atoms with van der Waals surface area (Å²) >= 11 is 6.24. The van der Waals surface area contributed by atoms with Gasteiger partial charge < -0.3 is 19.7 Å². The maximum absolute atomic E-state index is 13.2. The number of benzene rings is 2. The number of hydrogen-bond donors (Lipinski definition) is 1. The van der Waals surface area contributed by atoms with Crippen LogP contribution in [0.2, 0.25) is 5.02 Å². The van der Waals surface area contributed by atoms with E-state index >= 15 is 0 Å². The number of halogens is 1. The van der Waals surface area contributed by atoms with Gasteiger partial charge in [-0.2, -0.15) is 0 Å². The van der Waals surface area contributed by atoms with E-state index in [9.17, 15) is 9.59 Å². The molecule has 6 nitrogen and oxygen atoms in total. The van der Waals surface area contributed by atoms with Gasteiger partial charge in [-0.1, -0.05) is 36.6 Å². The Kier molecular flexibility index (Phi) is 8.61. The Hall–Kier alpha value is -2.73. The van der Waals surface area contributed by atoms with Crippen LogP contribution in [0.4, 0.5) is 0 Å². The first-order chi connectivity index (χ1) is 15.8. The molecular formula is C26H33ClN2O4. The number of aryl methyl sites for hydroxylation is 2. The topological polar surface area (TPSA) is 67.9 Å². The highest BCUT2D eigenvalue weighted by Gasteiger charge is 2.28. The molecular weight excluding hydrogens is 440 g/mol. The molecule has 0 saturated heterocycles. The lowest BCUT2D eigenvalue weighted by Crippen LogP contribution is -2.50.